The molecule has 5 rings (SSSR count). The molecule has 0 bridgehead atoms. The molecule has 9 heteroatoms. The van der Waals surface area contributed by atoms with Crippen LogP contribution >= 0.6 is 0 Å². The largest absolute Gasteiger partial charge is 0.457 e. The molecule has 1 aliphatic rings. The van der Waals surface area contributed by atoms with E-state index in [1.807, 2.05) is 30.3 Å². The van der Waals surface area contributed by atoms with Crippen molar-refractivity contribution in [2.45, 2.75) is 44.4 Å². The Bertz CT molecular complexity index is 1500. The highest BCUT2D eigenvalue weighted by molar-refractivity contribution is 5.93. The van der Waals surface area contributed by atoms with E-state index in [9.17, 15) is 19.1 Å². The molecule has 4 aromatic rings. The van der Waals surface area contributed by atoms with Crippen LogP contribution in [0.4, 0.5) is 10.1 Å². The zero-order valence-electron chi connectivity index (χ0n) is 23.3. The standard InChI is InChI=1S/C32H35FN4O4/c1-32(40,28-19-22-9-8-14-27(33)31(22)35-28)37(21-30(39)36(2)24-10-6-7-11-24)20-29(38)34-23-15-17-26(18-16-23)41-25-12-4-3-5-13-25/h3-5,8-9,12-19,24,35,40H,6-7,10-11,20-21H2,1-2H3,(H,34,38). The maximum absolute atomic E-state index is 14.4. The molecule has 3 N–H and O–H groups in total. The van der Waals surface area contributed by atoms with Crippen LogP contribution in [0.1, 0.15) is 38.3 Å². The Morgan fingerprint density at radius 2 is 1.68 bits per heavy atom. The van der Waals surface area contributed by atoms with Crippen molar-refractivity contribution in [1.29, 1.82) is 0 Å². The highest BCUT2D eigenvalue weighted by atomic mass is 19.1. The third-order valence-corrected chi connectivity index (χ3v) is 7.77. The molecular formula is C32H35FN4O4. The van der Waals surface area contributed by atoms with Crippen molar-refractivity contribution in [3.05, 3.63) is 90.4 Å². The summed E-state index contributed by atoms with van der Waals surface area (Å²) in [6.07, 6.45) is 4.01. The molecule has 41 heavy (non-hydrogen) atoms. The van der Waals surface area contributed by atoms with Gasteiger partial charge in [0.25, 0.3) is 0 Å². The van der Waals surface area contributed by atoms with Gasteiger partial charge in [0.1, 0.15) is 17.3 Å². The number of rotatable bonds is 10. The topological polar surface area (TPSA) is 97.9 Å². The van der Waals surface area contributed by atoms with Gasteiger partial charge in [-0.25, -0.2) is 4.39 Å². The number of H-pyrrole nitrogens is 1. The summed E-state index contributed by atoms with van der Waals surface area (Å²) in [7, 11) is 1.77. The summed E-state index contributed by atoms with van der Waals surface area (Å²) < 4.78 is 20.2. The first-order valence-electron chi connectivity index (χ1n) is 13.8. The fraction of sp³-hybridized carbons (Fsp3) is 0.312. The summed E-state index contributed by atoms with van der Waals surface area (Å²) in [6, 6.07) is 22.7. The number of para-hydroxylation sites is 2. The second-order valence-corrected chi connectivity index (χ2v) is 10.7. The maximum atomic E-state index is 14.4. The van der Waals surface area contributed by atoms with Gasteiger partial charge in [0.2, 0.25) is 11.8 Å². The van der Waals surface area contributed by atoms with Gasteiger partial charge in [-0.3, -0.25) is 14.5 Å². The molecule has 214 valence electrons. The van der Waals surface area contributed by atoms with E-state index in [4.69, 9.17) is 4.74 Å². The summed E-state index contributed by atoms with van der Waals surface area (Å²) >= 11 is 0. The number of amides is 2. The van der Waals surface area contributed by atoms with Gasteiger partial charge in [-0.2, -0.15) is 0 Å². The number of nitrogens with one attached hydrogen (secondary N) is 2. The molecule has 3 aromatic carbocycles. The molecule has 2 amide bonds. The fourth-order valence-electron chi connectivity index (χ4n) is 5.28. The third-order valence-electron chi connectivity index (χ3n) is 7.77. The number of nitrogens with zero attached hydrogens (tertiary/aromatic N) is 2. The molecule has 0 spiro atoms. The Kier molecular flexibility index (Phi) is 8.37. The molecule has 1 fully saturated rings. The van der Waals surface area contributed by atoms with Crippen molar-refractivity contribution >= 4 is 28.4 Å². The molecule has 1 saturated carbocycles. The lowest BCUT2D eigenvalue weighted by Gasteiger charge is -2.37. The summed E-state index contributed by atoms with van der Waals surface area (Å²) in [5.41, 5.74) is -0.705. The molecular weight excluding hydrogens is 523 g/mol. The van der Waals surface area contributed by atoms with Crippen molar-refractivity contribution in [2.75, 3.05) is 25.5 Å². The van der Waals surface area contributed by atoms with Crippen LogP contribution in [0.15, 0.2) is 78.9 Å². The van der Waals surface area contributed by atoms with Crippen LogP contribution in [-0.2, 0) is 15.3 Å². The van der Waals surface area contributed by atoms with Crippen LogP contribution in [0.5, 0.6) is 11.5 Å². The van der Waals surface area contributed by atoms with E-state index >= 15 is 0 Å². The number of carbonyl (C=O) groups excluding carboxylic acids is 2. The average molecular weight is 559 g/mol. The molecule has 0 saturated heterocycles. The predicted octanol–water partition coefficient (Wildman–Crippen LogP) is 5.61. The van der Waals surface area contributed by atoms with E-state index in [-0.39, 0.29) is 36.2 Å². The molecule has 0 aliphatic heterocycles. The Labute approximate surface area is 238 Å². The maximum Gasteiger partial charge on any atom is 0.238 e. The van der Waals surface area contributed by atoms with Crippen LogP contribution in [0.3, 0.4) is 0 Å². The van der Waals surface area contributed by atoms with Gasteiger partial charge in [-0.1, -0.05) is 43.2 Å². The zero-order valence-corrected chi connectivity index (χ0v) is 23.3. The monoisotopic (exact) mass is 558 g/mol. The highest BCUT2D eigenvalue weighted by Gasteiger charge is 2.37. The summed E-state index contributed by atoms with van der Waals surface area (Å²) in [6.45, 7) is 1.02. The average Bonchev–Trinajstić information content (AvgIpc) is 3.66. The quantitative estimate of drug-likeness (QED) is 0.220. The Morgan fingerprint density at radius 3 is 2.37 bits per heavy atom. The summed E-state index contributed by atoms with van der Waals surface area (Å²) in [5, 5.41) is 15.1. The van der Waals surface area contributed by atoms with Gasteiger partial charge in [0.15, 0.2) is 5.72 Å². The molecule has 1 aliphatic carbocycles. The summed E-state index contributed by atoms with van der Waals surface area (Å²) in [4.78, 5) is 32.6. The number of aromatic nitrogens is 1. The number of ether oxygens (including phenoxy) is 1. The third kappa shape index (κ3) is 6.58. The Balaban J connectivity index is 1.33. The first-order valence-corrected chi connectivity index (χ1v) is 13.8. The number of aromatic amines is 1. The zero-order chi connectivity index (χ0) is 29.0. The van der Waals surface area contributed by atoms with E-state index in [2.05, 4.69) is 10.3 Å². The first-order chi connectivity index (χ1) is 19.7. The van der Waals surface area contributed by atoms with Gasteiger partial charge in [-0.15, -0.1) is 0 Å². The molecule has 8 nitrogen and oxygen atoms in total. The lowest BCUT2D eigenvalue weighted by Crippen LogP contribution is -2.52. The van der Waals surface area contributed by atoms with Crippen LogP contribution in [0.25, 0.3) is 10.9 Å². The van der Waals surface area contributed by atoms with Crippen molar-refractivity contribution in [2.24, 2.45) is 0 Å². The van der Waals surface area contributed by atoms with Crippen LogP contribution in [0, 0.1) is 5.82 Å². The second kappa shape index (κ2) is 12.1. The molecule has 1 unspecified atom stereocenters. The van der Waals surface area contributed by atoms with Crippen molar-refractivity contribution in [3.63, 3.8) is 0 Å². The number of hydrogen-bond donors (Lipinski definition) is 3. The van der Waals surface area contributed by atoms with E-state index < -0.39 is 17.4 Å². The molecule has 1 aromatic heterocycles. The Hall–Kier alpha value is -4.21. The van der Waals surface area contributed by atoms with Crippen LogP contribution < -0.4 is 10.1 Å². The number of anilines is 1. The van der Waals surface area contributed by atoms with Gasteiger partial charge < -0.3 is 25.0 Å². The van der Waals surface area contributed by atoms with Crippen molar-refractivity contribution < 1.29 is 23.8 Å². The normalized spacial score (nSPS) is 15.1. The van der Waals surface area contributed by atoms with E-state index in [1.165, 1.54) is 17.9 Å². The SMILES string of the molecule is CN(C(=O)CN(CC(=O)Nc1ccc(Oc2ccccc2)cc1)C(C)(O)c1cc2cccc(F)c2[nH]1)C1CCCC1. The number of aliphatic hydroxyl groups is 1. The van der Waals surface area contributed by atoms with E-state index in [1.54, 1.807) is 54.4 Å². The minimum absolute atomic E-state index is 0.141. The molecule has 1 heterocycles. The van der Waals surface area contributed by atoms with Gasteiger partial charge in [0.05, 0.1) is 24.3 Å². The Morgan fingerprint density at radius 1 is 1.00 bits per heavy atom. The number of hydrogen-bond acceptors (Lipinski definition) is 5. The summed E-state index contributed by atoms with van der Waals surface area (Å²) in [5.74, 6) is 0.248. The minimum atomic E-state index is -1.78. The van der Waals surface area contributed by atoms with E-state index in [0.717, 1.165) is 25.7 Å². The van der Waals surface area contributed by atoms with Crippen molar-refractivity contribution in [1.82, 2.24) is 14.8 Å². The van der Waals surface area contributed by atoms with Crippen LogP contribution in [0.2, 0.25) is 0 Å². The number of benzene rings is 3. The molecule has 0 radical (unpaired) electrons. The first kappa shape index (κ1) is 28.3. The second-order valence-electron chi connectivity index (χ2n) is 10.7. The van der Waals surface area contributed by atoms with Gasteiger partial charge in [0, 0.05) is 24.2 Å². The highest BCUT2D eigenvalue weighted by Crippen LogP contribution is 2.30. The van der Waals surface area contributed by atoms with E-state index in [0.29, 0.717) is 22.6 Å². The molecule has 1 atom stereocenters. The number of fused-ring (bicyclic) bond motifs is 1. The minimum Gasteiger partial charge on any atom is -0.457 e. The lowest BCUT2D eigenvalue weighted by atomic mass is 10.1. The van der Waals surface area contributed by atoms with Gasteiger partial charge in [-0.05, 0) is 68.3 Å². The number of carbonyl (C=O) groups is 2. The lowest BCUT2D eigenvalue weighted by molar-refractivity contribution is -0.149. The fourth-order valence-corrected chi connectivity index (χ4v) is 5.28. The smallest absolute Gasteiger partial charge is 0.238 e. The van der Waals surface area contributed by atoms with Gasteiger partial charge >= 0.3 is 0 Å². The number of halogens is 1. The van der Waals surface area contributed by atoms with Crippen molar-refractivity contribution in [3.8, 4) is 11.5 Å². The number of likely N-dealkylation sites (N-methyl/N-ethyl adjacent to an activating group) is 1. The van der Waals surface area contributed by atoms with Crippen LogP contribution in [-0.4, -0.2) is 57.9 Å². The predicted molar refractivity (Wildman–Crippen MR) is 156 cm³/mol.